The van der Waals surface area contributed by atoms with Crippen LogP contribution in [-0.2, 0) is 11.3 Å². The van der Waals surface area contributed by atoms with Gasteiger partial charge in [0, 0.05) is 19.6 Å². The average Bonchev–Trinajstić information content (AvgIpc) is 2.35. The molecule has 0 N–H and O–H groups in total. The van der Waals surface area contributed by atoms with E-state index in [2.05, 4.69) is 11.0 Å². The Labute approximate surface area is 110 Å². The van der Waals surface area contributed by atoms with Crippen LogP contribution in [0.4, 0.5) is 0 Å². The Morgan fingerprint density at radius 1 is 1.47 bits per heavy atom. The lowest BCUT2D eigenvalue weighted by Gasteiger charge is -2.29. The van der Waals surface area contributed by atoms with Crippen LogP contribution in [-0.4, -0.2) is 30.7 Å². The fraction of sp³-hybridized carbons (Fsp3) is 0.417. The van der Waals surface area contributed by atoms with E-state index in [-0.39, 0.29) is 6.10 Å². The van der Waals surface area contributed by atoms with Crippen LogP contribution in [0, 0.1) is 11.3 Å². The monoisotopic (exact) mass is 270 g/mol. The van der Waals surface area contributed by atoms with Crippen LogP contribution in [0.2, 0.25) is 10.0 Å². The molecule has 0 aromatic heterocycles. The van der Waals surface area contributed by atoms with Crippen LogP contribution in [0.5, 0.6) is 0 Å². The maximum atomic E-state index is 8.82. The molecule has 17 heavy (non-hydrogen) atoms. The van der Waals surface area contributed by atoms with Gasteiger partial charge in [0.15, 0.2) is 6.10 Å². The second-order valence-electron chi connectivity index (χ2n) is 3.94. The molecule has 0 amide bonds. The highest BCUT2D eigenvalue weighted by atomic mass is 35.5. The minimum Gasteiger partial charge on any atom is -0.361 e. The van der Waals surface area contributed by atoms with Gasteiger partial charge < -0.3 is 4.74 Å². The smallest absolute Gasteiger partial charge is 0.156 e. The molecule has 1 aromatic carbocycles. The van der Waals surface area contributed by atoms with Gasteiger partial charge >= 0.3 is 0 Å². The van der Waals surface area contributed by atoms with Gasteiger partial charge in [-0.15, -0.1) is 0 Å². The molecule has 0 spiro atoms. The zero-order valence-corrected chi connectivity index (χ0v) is 10.7. The number of hydrogen-bond donors (Lipinski definition) is 0. The number of hydrogen-bond acceptors (Lipinski definition) is 3. The SMILES string of the molecule is N#CC1CN(Cc2cccc(Cl)c2Cl)CCO1. The van der Waals surface area contributed by atoms with Crippen LogP contribution in [0.1, 0.15) is 5.56 Å². The molecule has 0 saturated carbocycles. The predicted octanol–water partition coefficient (Wildman–Crippen LogP) is 2.72. The van der Waals surface area contributed by atoms with E-state index in [1.165, 1.54) is 0 Å². The third kappa shape index (κ3) is 3.11. The summed E-state index contributed by atoms with van der Waals surface area (Å²) in [5.41, 5.74) is 0.984. The average molecular weight is 271 g/mol. The quantitative estimate of drug-likeness (QED) is 0.829. The third-order valence-electron chi connectivity index (χ3n) is 2.72. The summed E-state index contributed by atoms with van der Waals surface area (Å²) < 4.78 is 5.29. The summed E-state index contributed by atoms with van der Waals surface area (Å²) in [5.74, 6) is 0. The lowest BCUT2D eigenvalue weighted by molar-refractivity contribution is -0.00268. The standard InChI is InChI=1S/C12H12Cl2N2O/c13-11-3-1-2-9(12(11)14)7-16-4-5-17-10(6-15)8-16/h1-3,10H,4-5,7-8H2. The van der Waals surface area contributed by atoms with Gasteiger partial charge in [0.05, 0.1) is 22.7 Å². The highest BCUT2D eigenvalue weighted by Crippen LogP contribution is 2.26. The summed E-state index contributed by atoms with van der Waals surface area (Å²) in [7, 11) is 0. The van der Waals surface area contributed by atoms with E-state index in [1.54, 1.807) is 6.07 Å². The zero-order valence-electron chi connectivity index (χ0n) is 9.20. The van der Waals surface area contributed by atoms with Crippen molar-refractivity contribution in [1.29, 1.82) is 5.26 Å². The van der Waals surface area contributed by atoms with Crippen molar-refractivity contribution in [3.8, 4) is 6.07 Å². The van der Waals surface area contributed by atoms with Crippen molar-refractivity contribution in [2.75, 3.05) is 19.7 Å². The van der Waals surface area contributed by atoms with E-state index in [1.807, 2.05) is 12.1 Å². The highest BCUT2D eigenvalue weighted by molar-refractivity contribution is 6.42. The molecule has 3 nitrogen and oxygen atoms in total. The summed E-state index contributed by atoms with van der Waals surface area (Å²) in [5, 5.41) is 9.98. The summed E-state index contributed by atoms with van der Waals surface area (Å²) in [6.45, 7) is 2.69. The van der Waals surface area contributed by atoms with Gasteiger partial charge in [0.25, 0.3) is 0 Å². The molecule has 0 radical (unpaired) electrons. The zero-order chi connectivity index (χ0) is 12.3. The van der Waals surface area contributed by atoms with Gasteiger partial charge in [-0.1, -0.05) is 35.3 Å². The Morgan fingerprint density at radius 2 is 2.29 bits per heavy atom. The Hall–Kier alpha value is -0.790. The first-order chi connectivity index (χ1) is 8.20. The molecule has 1 aliphatic rings. The lowest BCUT2D eigenvalue weighted by atomic mass is 10.2. The summed E-state index contributed by atoms with van der Waals surface area (Å²) >= 11 is 12.1. The van der Waals surface area contributed by atoms with Gasteiger partial charge in [0.2, 0.25) is 0 Å². The molecular formula is C12H12Cl2N2O. The Morgan fingerprint density at radius 3 is 3.06 bits per heavy atom. The third-order valence-corrected chi connectivity index (χ3v) is 3.58. The molecule has 1 fully saturated rings. The van der Waals surface area contributed by atoms with Gasteiger partial charge in [0.1, 0.15) is 0 Å². The second-order valence-corrected chi connectivity index (χ2v) is 4.72. The minimum atomic E-state index is -0.346. The molecule has 1 aliphatic heterocycles. The molecular weight excluding hydrogens is 259 g/mol. The normalized spacial score (nSPS) is 21.1. The molecule has 1 unspecified atom stereocenters. The molecule has 90 valence electrons. The number of nitrogens with zero attached hydrogens (tertiary/aromatic N) is 2. The molecule has 1 saturated heterocycles. The summed E-state index contributed by atoms with van der Waals surface area (Å²) in [6, 6.07) is 7.72. The van der Waals surface area contributed by atoms with E-state index >= 15 is 0 Å². The van der Waals surface area contributed by atoms with Crippen LogP contribution >= 0.6 is 23.2 Å². The number of ether oxygens (including phenoxy) is 1. The molecule has 1 atom stereocenters. The van der Waals surface area contributed by atoms with E-state index in [9.17, 15) is 0 Å². The number of morpholine rings is 1. The van der Waals surface area contributed by atoms with E-state index in [0.29, 0.717) is 29.7 Å². The van der Waals surface area contributed by atoms with Crippen LogP contribution in [0.15, 0.2) is 18.2 Å². The summed E-state index contributed by atoms with van der Waals surface area (Å²) in [6.07, 6.45) is -0.346. The first-order valence-corrected chi connectivity index (χ1v) is 6.13. The molecule has 5 heteroatoms. The number of halogens is 2. The Balaban J connectivity index is 2.06. The Bertz CT molecular complexity index is 445. The maximum absolute atomic E-state index is 8.82. The number of rotatable bonds is 2. The predicted molar refractivity (Wildman–Crippen MR) is 67.1 cm³/mol. The minimum absolute atomic E-state index is 0.346. The van der Waals surface area contributed by atoms with Crippen molar-refractivity contribution in [3.05, 3.63) is 33.8 Å². The molecule has 0 bridgehead atoms. The largest absolute Gasteiger partial charge is 0.361 e. The van der Waals surface area contributed by atoms with Crippen molar-refractivity contribution in [2.45, 2.75) is 12.6 Å². The van der Waals surface area contributed by atoms with Gasteiger partial charge in [-0.2, -0.15) is 5.26 Å². The van der Waals surface area contributed by atoms with Gasteiger partial charge in [-0.05, 0) is 11.6 Å². The van der Waals surface area contributed by atoms with Crippen LogP contribution < -0.4 is 0 Å². The van der Waals surface area contributed by atoms with Crippen LogP contribution in [0.3, 0.4) is 0 Å². The number of nitriles is 1. The fourth-order valence-corrected chi connectivity index (χ4v) is 2.22. The molecule has 2 rings (SSSR count). The number of benzene rings is 1. The molecule has 1 aromatic rings. The second kappa shape index (κ2) is 5.70. The first kappa shape index (κ1) is 12.7. The fourth-order valence-electron chi connectivity index (χ4n) is 1.84. The topological polar surface area (TPSA) is 36.3 Å². The van der Waals surface area contributed by atoms with Crippen molar-refractivity contribution >= 4 is 23.2 Å². The Kier molecular flexibility index (Phi) is 4.25. The van der Waals surface area contributed by atoms with E-state index in [0.717, 1.165) is 12.1 Å². The molecule has 1 heterocycles. The van der Waals surface area contributed by atoms with Crippen molar-refractivity contribution in [1.82, 2.24) is 4.90 Å². The van der Waals surface area contributed by atoms with Crippen molar-refractivity contribution in [3.63, 3.8) is 0 Å². The van der Waals surface area contributed by atoms with Gasteiger partial charge in [-0.25, -0.2) is 0 Å². The lowest BCUT2D eigenvalue weighted by Crippen LogP contribution is -2.41. The van der Waals surface area contributed by atoms with Crippen LogP contribution in [0.25, 0.3) is 0 Å². The molecule has 0 aliphatic carbocycles. The van der Waals surface area contributed by atoms with Gasteiger partial charge in [-0.3, -0.25) is 4.90 Å². The summed E-state index contributed by atoms with van der Waals surface area (Å²) in [4.78, 5) is 2.15. The van der Waals surface area contributed by atoms with Crippen molar-refractivity contribution < 1.29 is 4.74 Å². The first-order valence-electron chi connectivity index (χ1n) is 5.37. The van der Waals surface area contributed by atoms with E-state index in [4.69, 9.17) is 33.2 Å². The highest BCUT2D eigenvalue weighted by Gasteiger charge is 2.20. The maximum Gasteiger partial charge on any atom is 0.156 e. The van der Waals surface area contributed by atoms with Crippen molar-refractivity contribution in [2.24, 2.45) is 0 Å². The van der Waals surface area contributed by atoms with E-state index < -0.39 is 0 Å².